The highest BCUT2D eigenvalue weighted by molar-refractivity contribution is 9.10. The van der Waals surface area contributed by atoms with Crippen LogP contribution in [-0.2, 0) is 0 Å². The minimum atomic E-state index is -0.272. The number of nitrogen functional groups attached to an aromatic ring is 1. The number of nitrogens with zero attached hydrogens (tertiary/aromatic N) is 1. The molecule has 0 heterocycles. The van der Waals surface area contributed by atoms with E-state index in [0.29, 0.717) is 11.3 Å². The predicted molar refractivity (Wildman–Crippen MR) is 80.1 cm³/mol. The monoisotopic (exact) mass is 317 g/mol. The van der Waals surface area contributed by atoms with Gasteiger partial charge in [-0.2, -0.15) is 5.10 Å². The summed E-state index contributed by atoms with van der Waals surface area (Å²) in [6, 6.07) is 14.3. The second kappa shape index (κ2) is 6.15. The molecule has 0 aliphatic carbocycles. The van der Waals surface area contributed by atoms with E-state index >= 15 is 0 Å². The van der Waals surface area contributed by atoms with E-state index in [-0.39, 0.29) is 5.91 Å². The van der Waals surface area contributed by atoms with Crippen LogP contribution >= 0.6 is 15.9 Å². The second-order valence-corrected chi connectivity index (χ2v) is 4.79. The molecule has 0 unspecified atom stereocenters. The van der Waals surface area contributed by atoms with Crippen LogP contribution in [-0.4, -0.2) is 12.1 Å². The topological polar surface area (TPSA) is 67.5 Å². The van der Waals surface area contributed by atoms with Gasteiger partial charge in [-0.15, -0.1) is 0 Å². The van der Waals surface area contributed by atoms with Gasteiger partial charge in [0.15, 0.2) is 0 Å². The van der Waals surface area contributed by atoms with E-state index in [1.54, 1.807) is 30.5 Å². The summed E-state index contributed by atoms with van der Waals surface area (Å²) in [5, 5.41) is 3.90. The zero-order chi connectivity index (χ0) is 13.7. The Bertz CT molecular complexity index is 608. The molecular weight excluding hydrogens is 306 g/mol. The van der Waals surface area contributed by atoms with E-state index in [1.165, 1.54) is 0 Å². The molecule has 2 rings (SSSR count). The van der Waals surface area contributed by atoms with Crippen LogP contribution in [0.15, 0.2) is 58.1 Å². The molecule has 96 valence electrons. The molecule has 0 saturated carbocycles. The Kier molecular flexibility index (Phi) is 4.30. The number of benzene rings is 2. The molecule has 0 spiro atoms. The van der Waals surface area contributed by atoms with Crippen LogP contribution in [0.2, 0.25) is 0 Å². The van der Waals surface area contributed by atoms with E-state index in [9.17, 15) is 4.79 Å². The van der Waals surface area contributed by atoms with Crippen LogP contribution in [0, 0.1) is 0 Å². The Balaban J connectivity index is 1.98. The third kappa shape index (κ3) is 3.93. The first-order valence-electron chi connectivity index (χ1n) is 5.59. The van der Waals surface area contributed by atoms with E-state index in [1.807, 2.05) is 24.3 Å². The standard InChI is InChI=1S/C14H12BrN3O/c15-12-3-1-2-10(8-12)9-17-18-14(19)11-4-6-13(16)7-5-11/h1-9H,16H2,(H,18,19)/b17-9+. The van der Waals surface area contributed by atoms with Gasteiger partial charge in [0, 0.05) is 15.7 Å². The smallest absolute Gasteiger partial charge is 0.271 e. The van der Waals surface area contributed by atoms with E-state index in [4.69, 9.17) is 5.73 Å². The number of carbonyl (C=O) groups excluding carboxylic acids is 1. The van der Waals surface area contributed by atoms with E-state index < -0.39 is 0 Å². The lowest BCUT2D eigenvalue weighted by Gasteiger charge is -2.00. The highest BCUT2D eigenvalue weighted by atomic mass is 79.9. The fourth-order valence-electron chi connectivity index (χ4n) is 1.45. The van der Waals surface area contributed by atoms with Gasteiger partial charge >= 0.3 is 0 Å². The molecule has 0 saturated heterocycles. The van der Waals surface area contributed by atoms with E-state index in [0.717, 1.165) is 10.0 Å². The van der Waals surface area contributed by atoms with Gasteiger partial charge in [-0.3, -0.25) is 4.79 Å². The molecule has 19 heavy (non-hydrogen) atoms. The maximum Gasteiger partial charge on any atom is 0.271 e. The Hall–Kier alpha value is -2.14. The minimum absolute atomic E-state index is 0.272. The molecule has 3 N–H and O–H groups in total. The third-order valence-electron chi connectivity index (χ3n) is 2.40. The summed E-state index contributed by atoms with van der Waals surface area (Å²) in [6.07, 6.45) is 1.58. The number of hydrazone groups is 1. The predicted octanol–water partition coefficient (Wildman–Crippen LogP) is 2.80. The maximum atomic E-state index is 11.7. The minimum Gasteiger partial charge on any atom is -0.399 e. The summed E-state index contributed by atoms with van der Waals surface area (Å²) < 4.78 is 0.960. The Morgan fingerprint density at radius 3 is 2.63 bits per heavy atom. The fraction of sp³-hybridized carbons (Fsp3) is 0. The zero-order valence-electron chi connectivity index (χ0n) is 10.0. The number of nitrogens with one attached hydrogen (secondary N) is 1. The van der Waals surface area contributed by atoms with Crippen molar-refractivity contribution in [3.63, 3.8) is 0 Å². The molecule has 0 aromatic heterocycles. The summed E-state index contributed by atoms with van der Waals surface area (Å²) >= 11 is 3.37. The summed E-state index contributed by atoms with van der Waals surface area (Å²) in [5.41, 5.74) is 10.0. The van der Waals surface area contributed by atoms with Crippen LogP contribution in [0.1, 0.15) is 15.9 Å². The van der Waals surface area contributed by atoms with Crippen molar-refractivity contribution in [2.45, 2.75) is 0 Å². The number of halogens is 1. The molecule has 0 atom stereocenters. The van der Waals surface area contributed by atoms with Gasteiger partial charge in [-0.25, -0.2) is 5.43 Å². The van der Waals surface area contributed by atoms with Crippen LogP contribution in [0.4, 0.5) is 5.69 Å². The van der Waals surface area contributed by atoms with Crippen molar-refractivity contribution in [1.29, 1.82) is 0 Å². The summed E-state index contributed by atoms with van der Waals surface area (Å²) in [5.74, 6) is -0.272. The molecular formula is C14H12BrN3O. The normalized spacial score (nSPS) is 10.6. The Morgan fingerprint density at radius 1 is 1.21 bits per heavy atom. The quantitative estimate of drug-likeness (QED) is 0.519. The Morgan fingerprint density at radius 2 is 1.95 bits per heavy atom. The van der Waals surface area contributed by atoms with Crippen LogP contribution in [0.5, 0.6) is 0 Å². The largest absolute Gasteiger partial charge is 0.399 e. The average molecular weight is 318 g/mol. The molecule has 0 aliphatic rings. The lowest BCUT2D eigenvalue weighted by molar-refractivity contribution is 0.0955. The zero-order valence-corrected chi connectivity index (χ0v) is 11.6. The van der Waals surface area contributed by atoms with Crippen molar-refractivity contribution >= 4 is 33.7 Å². The molecule has 0 bridgehead atoms. The van der Waals surface area contributed by atoms with Crippen LogP contribution in [0.3, 0.4) is 0 Å². The summed E-state index contributed by atoms with van der Waals surface area (Å²) in [7, 11) is 0. The van der Waals surface area contributed by atoms with Crippen LogP contribution < -0.4 is 11.2 Å². The van der Waals surface area contributed by atoms with Gasteiger partial charge in [0.05, 0.1) is 6.21 Å². The maximum absolute atomic E-state index is 11.7. The van der Waals surface area contributed by atoms with Crippen LogP contribution in [0.25, 0.3) is 0 Å². The number of nitrogens with two attached hydrogens (primary N) is 1. The molecule has 2 aromatic carbocycles. The number of carbonyl (C=O) groups is 1. The van der Waals surface area contributed by atoms with Crippen molar-refractivity contribution in [3.8, 4) is 0 Å². The molecule has 5 heteroatoms. The van der Waals surface area contributed by atoms with Gasteiger partial charge in [0.25, 0.3) is 5.91 Å². The Labute approximate surface area is 119 Å². The first-order chi connectivity index (χ1) is 9.15. The third-order valence-corrected chi connectivity index (χ3v) is 2.89. The molecule has 0 radical (unpaired) electrons. The first kappa shape index (κ1) is 13.3. The van der Waals surface area contributed by atoms with Gasteiger partial charge < -0.3 is 5.73 Å². The van der Waals surface area contributed by atoms with Crippen molar-refractivity contribution in [2.75, 3.05) is 5.73 Å². The molecule has 0 fully saturated rings. The first-order valence-corrected chi connectivity index (χ1v) is 6.39. The lowest BCUT2D eigenvalue weighted by atomic mass is 10.2. The number of hydrogen-bond acceptors (Lipinski definition) is 3. The van der Waals surface area contributed by atoms with Crippen molar-refractivity contribution < 1.29 is 4.79 Å². The second-order valence-electron chi connectivity index (χ2n) is 3.88. The van der Waals surface area contributed by atoms with Gasteiger partial charge in [-0.1, -0.05) is 28.1 Å². The number of hydrogen-bond donors (Lipinski definition) is 2. The average Bonchev–Trinajstić information content (AvgIpc) is 2.39. The fourth-order valence-corrected chi connectivity index (χ4v) is 1.87. The molecule has 2 aromatic rings. The van der Waals surface area contributed by atoms with E-state index in [2.05, 4.69) is 26.5 Å². The highest BCUT2D eigenvalue weighted by Gasteiger charge is 2.02. The van der Waals surface area contributed by atoms with Crippen molar-refractivity contribution in [1.82, 2.24) is 5.43 Å². The molecule has 0 aliphatic heterocycles. The molecule has 1 amide bonds. The summed E-state index contributed by atoms with van der Waals surface area (Å²) in [6.45, 7) is 0. The van der Waals surface area contributed by atoms with Crippen molar-refractivity contribution in [2.24, 2.45) is 5.10 Å². The van der Waals surface area contributed by atoms with Gasteiger partial charge in [-0.05, 0) is 42.0 Å². The van der Waals surface area contributed by atoms with Gasteiger partial charge in [0.1, 0.15) is 0 Å². The number of amides is 1. The highest BCUT2D eigenvalue weighted by Crippen LogP contribution is 2.10. The summed E-state index contributed by atoms with van der Waals surface area (Å²) in [4.78, 5) is 11.7. The number of rotatable bonds is 3. The van der Waals surface area contributed by atoms with Gasteiger partial charge in [0.2, 0.25) is 0 Å². The molecule has 4 nitrogen and oxygen atoms in total. The SMILES string of the molecule is Nc1ccc(C(=O)N/N=C/c2cccc(Br)c2)cc1. The van der Waals surface area contributed by atoms with Crippen molar-refractivity contribution in [3.05, 3.63) is 64.1 Å². The number of anilines is 1. The lowest BCUT2D eigenvalue weighted by Crippen LogP contribution is -2.17.